The van der Waals surface area contributed by atoms with Gasteiger partial charge in [-0.25, -0.2) is 0 Å². The second-order valence-corrected chi connectivity index (χ2v) is 4.42. The van der Waals surface area contributed by atoms with Crippen molar-refractivity contribution in [3.05, 3.63) is 33.3 Å². The van der Waals surface area contributed by atoms with Gasteiger partial charge in [-0.05, 0) is 46.5 Å². The van der Waals surface area contributed by atoms with Crippen molar-refractivity contribution in [3.8, 4) is 0 Å². The maximum atomic E-state index is 9.75. The van der Waals surface area contributed by atoms with Crippen LogP contribution >= 0.6 is 27.5 Å². The molecule has 0 amide bonds. The lowest BCUT2D eigenvalue weighted by Crippen LogP contribution is -2.03. The molecule has 0 heterocycles. The molecule has 64 valence electrons. The molecule has 0 bridgehead atoms. The molecule has 1 aliphatic carbocycles. The fourth-order valence-corrected chi connectivity index (χ4v) is 1.69. The summed E-state index contributed by atoms with van der Waals surface area (Å²) in [6.45, 7) is 0. The first-order chi connectivity index (χ1) is 5.62. The zero-order valence-corrected chi connectivity index (χ0v) is 8.69. The van der Waals surface area contributed by atoms with Crippen molar-refractivity contribution in [2.75, 3.05) is 0 Å². The molecule has 1 aromatic rings. The van der Waals surface area contributed by atoms with Crippen molar-refractivity contribution >= 4 is 27.5 Å². The molecule has 0 aliphatic heterocycles. The van der Waals surface area contributed by atoms with Gasteiger partial charge in [0.2, 0.25) is 0 Å². The number of rotatable bonds is 1. The number of hydrogen-bond donors (Lipinski definition) is 1. The van der Waals surface area contributed by atoms with Crippen LogP contribution in [0.5, 0.6) is 0 Å². The van der Waals surface area contributed by atoms with E-state index in [2.05, 4.69) is 15.9 Å². The summed E-state index contributed by atoms with van der Waals surface area (Å²) in [5, 5.41) is 10.4. The molecule has 1 aliphatic rings. The van der Waals surface area contributed by atoms with Crippen LogP contribution in [0.2, 0.25) is 5.02 Å². The van der Waals surface area contributed by atoms with Crippen LogP contribution in [0.25, 0.3) is 0 Å². The van der Waals surface area contributed by atoms with Gasteiger partial charge in [-0.2, -0.15) is 0 Å². The van der Waals surface area contributed by atoms with Crippen molar-refractivity contribution in [1.82, 2.24) is 0 Å². The third-order valence-electron chi connectivity index (χ3n) is 2.18. The first-order valence-corrected chi connectivity index (χ1v) is 4.97. The van der Waals surface area contributed by atoms with Gasteiger partial charge in [-0.15, -0.1) is 0 Å². The van der Waals surface area contributed by atoms with E-state index >= 15 is 0 Å². The Morgan fingerprint density at radius 2 is 2.08 bits per heavy atom. The monoisotopic (exact) mass is 246 g/mol. The second-order valence-electron chi connectivity index (χ2n) is 3.16. The Morgan fingerprint density at radius 1 is 1.42 bits per heavy atom. The summed E-state index contributed by atoms with van der Waals surface area (Å²) in [6.07, 6.45) is 1.72. The predicted octanol–water partition coefficient (Wildman–Crippen LogP) is 3.08. The minimum atomic E-state index is -0.562. The highest BCUT2D eigenvalue weighted by Crippen LogP contribution is 2.46. The zero-order chi connectivity index (χ0) is 8.77. The van der Waals surface area contributed by atoms with Crippen LogP contribution in [-0.2, 0) is 5.60 Å². The molecule has 1 saturated carbocycles. The van der Waals surface area contributed by atoms with Gasteiger partial charge in [-0.3, -0.25) is 0 Å². The second kappa shape index (κ2) is 2.72. The molecule has 3 heteroatoms. The standard InChI is InChI=1S/C9H8BrClO/c10-7-5-6(1-2-8(7)11)9(12)3-4-9/h1-2,5,12H,3-4H2. The Bertz CT molecular complexity index is 320. The van der Waals surface area contributed by atoms with E-state index in [9.17, 15) is 5.11 Å². The van der Waals surface area contributed by atoms with Gasteiger partial charge in [-0.1, -0.05) is 17.7 Å². The van der Waals surface area contributed by atoms with E-state index < -0.39 is 5.60 Å². The van der Waals surface area contributed by atoms with Gasteiger partial charge >= 0.3 is 0 Å². The van der Waals surface area contributed by atoms with E-state index in [1.807, 2.05) is 12.1 Å². The quantitative estimate of drug-likeness (QED) is 0.808. The van der Waals surface area contributed by atoms with Gasteiger partial charge < -0.3 is 5.11 Å². The maximum Gasteiger partial charge on any atom is 0.0899 e. The Labute approximate surface area is 84.5 Å². The molecular weight excluding hydrogens is 239 g/mol. The first kappa shape index (κ1) is 8.54. The highest BCUT2D eigenvalue weighted by molar-refractivity contribution is 9.10. The molecule has 1 N–H and O–H groups in total. The minimum Gasteiger partial charge on any atom is -0.385 e. The van der Waals surface area contributed by atoms with Gasteiger partial charge in [0, 0.05) is 4.47 Å². The smallest absolute Gasteiger partial charge is 0.0899 e. The van der Waals surface area contributed by atoms with Crippen molar-refractivity contribution in [2.24, 2.45) is 0 Å². The lowest BCUT2D eigenvalue weighted by molar-refractivity contribution is 0.151. The van der Waals surface area contributed by atoms with E-state index in [1.165, 1.54) is 0 Å². The van der Waals surface area contributed by atoms with E-state index in [-0.39, 0.29) is 0 Å². The van der Waals surface area contributed by atoms with Crippen molar-refractivity contribution in [1.29, 1.82) is 0 Å². The number of halogens is 2. The minimum absolute atomic E-state index is 0.562. The molecule has 12 heavy (non-hydrogen) atoms. The third kappa shape index (κ3) is 1.39. The average molecular weight is 248 g/mol. The molecule has 0 spiro atoms. The molecule has 0 radical (unpaired) electrons. The molecule has 1 aromatic carbocycles. The summed E-state index contributed by atoms with van der Waals surface area (Å²) < 4.78 is 0.849. The van der Waals surface area contributed by atoms with Crippen LogP contribution in [0.3, 0.4) is 0 Å². The molecule has 1 fully saturated rings. The average Bonchev–Trinajstić information content (AvgIpc) is 2.75. The number of aliphatic hydroxyl groups is 1. The molecule has 2 rings (SSSR count). The summed E-state index contributed by atoms with van der Waals surface area (Å²) in [4.78, 5) is 0. The normalized spacial score (nSPS) is 19.2. The fourth-order valence-electron chi connectivity index (χ4n) is 1.19. The number of benzene rings is 1. The van der Waals surface area contributed by atoms with Crippen molar-refractivity contribution < 1.29 is 5.11 Å². The summed E-state index contributed by atoms with van der Waals surface area (Å²) in [7, 11) is 0. The highest BCUT2D eigenvalue weighted by Gasteiger charge is 2.42. The Morgan fingerprint density at radius 3 is 2.58 bits per heavy atom. The molecule has 1 nitrogen and oxygen atoms in total. The van der Waals surface area contributed by atoms with E-state index in [0.717, 1.165) is 22.9 Å². The Hall–Kier alpha value is -0.0500. The topological polar surface area (TPSA) is 20.2 Å². The van der Waals surface area contributed by atoms with E-state index in [4.69, 9.17) is 11.6 Å². The van der Waals surface area contributed by atoms with Crippen molar-refractivity contribution in [2.45, 2.75) is 18.4 Å². The molecule has 0 atom stereocenters. The van der Waals surface area contributed by atoms with Crippen LogP contribution in [0.4, 0.5) is 0 Å². The molecular formula is C9H8BrClO. The molecule has 0 unspecified atom stereocenters. The third-order valence-corrected chi connectivity index (χ3v) is 3.39. The summed E-state index contributed by atoms with van der Waals surface area (Å²) in [5.41, 5.74) is 0.395. The molecule has 0 aromatic heterocycles. The first-order valence-electron chi connectivity index (χ1n) is 3.80. The highest BCUT2D eigenvalue weighted by atomic mass is 79.9. The van der Waals surface area contributed by atoms with Crippen LogP contribution in [0.1, 0.15) is 18.4 Å². The van der Waals surface area contributed by atoms with Crippen LogP contribution in [0, 0.1) is 0 Å². The van der Waals surface area contributed by atoms with Crippen molar-refractivity contribution in [3.63, 3.8) is 0 Å². The number of hydrogen-bond acceptors (Lipinski definition) is 1. The lowest BCUT2D eigenvalue weighted by atomic mass is 10.1. The van der Waals surface area contributed by atoms with Gasteiger partial charge in [0.1, 0.15) is 0 Å². The Kier molecular flexibility index (Phi) is 1.94. The van der Waals surface area contributed by atoms with E-state index in [1.54, 1.807) is 6.07 Å². The SMILES string of the molecule is OC1(c2ccc(Cl)c(Br)c2)CC1. The maximum absolute atomic E-state index is 9.75. The van der Waals surface area contributed by atoms with Crippen LogP contribution in [0.15, 0.2) is 22.7 Å². The lowest BCUT2D eigenvalue weighted by Gasteiger charge is -2.08. The van der Waals surface area contributed by atoms with Crippen LogP contribution in [-0.4, -0.2) is 5.11 Å². The van der Waals surface area contributed by atoms with Gasteiger partial charge in [0.15, 0.2) is 0 Å². The summed E-state index contributed by atoms with van der Waals surface area (Å²) in [5.74, 6) is 0. The predicted molar refractivity (Wildman–Crippen MR) is 52.3 cm³/mol. The fraction of sp³-hybridized carbons (Fsp3) is 0.333. The largest absolute Gasteiger partial charge is 0.385 e. The van der Waals surface area contributed by atoms with Gasteiger partial charge in [0.05, 0.1) is 10.6 Å². The van der Waals surface area contributed by atoms with Gasteiger partial charge in [0.25, 0.3) is 0 Å². The Balaban J connectivity index is 2.41. The zero-order valence-electron chi connectivity index (χ0n) is 6.35. The molecule has 0 saturated heterocycles. The summed E-state index contributed by atoms with van der Waals surface area (Å²) in [6, 6.07) is 5.56. The van der Waals surface area contributed by atoms with E-state index in [0.29, 0.717) is 5.02 Å². The summed E-state index contributed by atoms with van der Waals surface area (Å²) >= 11 is 9.15. The van der Waals surface area contributed by atoms with Crippen LogP contribution < -0.4 is 0 Å².